The first-order chi connectivity index (χ1) is 10.6. The van der Waals surface area contributed by atoms with Gasteiger partial charge in [0.2, 0.25) is 11.8 Å². The van der Waals surface area contributed by atoms with Gasteiger partial charge >= 0.3 is 0 Å². The number of benzene rings is 1. The van der Waals surface area contributed by atoms with Gasteiger partial charge in [-0.25, -0.2) is 0 Å². The summed E-state index contributed by atoms with van der Waals surface area (Å²) in [4.78, 5) is 27.9. The molecule has 5 heteroatoms. The fraction of sp³-hybridized carbons (Fsp3) is 0.529. The summed E-state index contributed by atoms with van der Waals surface area (Å²) >= 11 is 0. The van der Waals surface area contributed by atoms with Crippen LogP contribution in [0.3, 0.4) is 0 Å². The Bertz CT molecular complexity index is 496. The molecule has 0 aromatic heterocycles. The molecule has 1 aromatic rings. The normalized spacial score (nSPS) is 17.1. The van der Waals surface area contributed by atoms with Crippen molar-refractivity contribution < 1.29 is 9.59 Å². The molecule has 1 atom stereocenters. The Hall–Kier alpha value is -1.88. The van der Waals surface area contributed by atoms with E-state index in [2.05, 4.69) is 22.3 Å². The molecule has 0 bridgehead atoms. The average molecular weight is 303 g/mol. The Morgan fingerprint density at radius 2 is 1.77 bits per heavy atom. The number of amides is 2. The van der Waals surface area contributed by atoms with E-state index in [-0.39, 0.29) is 11.8 Å². The molecule has 1 aliphatic heterocycles. The molecule has 0 saturated carbocycles. The molecule has 0 radical (unpaired) electrons. The van der Waals surface area contributed by atoms with Gasteiger partial charge in [0.15, 0.2) is 0 Å². The van der Waals surface area contributed by atoms with Crippen molar-refractivity contribution in [3.05, 3.63) is 35.9 Å². The third-order valence-corrected chi connectivity index (χ3v) is 4.00. The number of carbonyl (C=O) groups is 2. The van der Waals surface area contributed by atoms with E-state index < -0.39 is 6.04 Å². The van der Waals surface area contributed by atoms with Crippen LogP contribution in [0, 0.1) is 0 Å². The number of hydrogen-bond donors (Lipinski definition) is 1. The van der Waals surface area contributed by atoms with Gasteiger partial charge in [0.25, 0.3) is 0 Å². The maximum Gasteiger partial charge on any atom is 0.244 e. The fourth-order valence-electron chi connectivity index (χ4n) is 2.65. The topological polar surface area (TPSA) is 52.7 Å². The molecule has 1 aromatic carbocycles. The molecule has 1 fully saturated rings. The summed E-state index contributed by atoms with van der Waals surface area (Å²) in [7, 11) is 0. The molecule has 0 spiro atoms. The molecule has 120 valence electrons. The van der Waals surface area contributed by atoms with Crippen LogP contribution in [0.25, 0.3) is 0 Å². The zero-order valence-electron chi connectivity index (χ0n) is 13.4. The lowest BCUT2D eigenvalue weighted by Crippen LogP contribution is -2.53. The molecule has 1 N–H and O–H groups in total. The lowest BCUT2D eigenvalue weighted by Gasteiger charge is -2.36. The zero-order chi connectivity index (χ0) is 15.9. The Labute approximate surface area is 132 Å². The van der Waals surface area contributed by atoms with Gasteiger partial charge in [0, 0.05) is 39.1 Å². The number of nitrogens with one attached hydrogen (secondary N) is 1. The number of nitrogens with zero attached hydrogens (tertiary/aromatic N) is 2. The van der Waals surface area contributed by atoms with Crippen molar-refractivity contribution in [1.82, 2.24) is 15.1 Å². The molecular formula is C17H25N3O2. The Balaban J connectivity index is 1.79. The minimum absolute atomic E-state index is 0.0150. The first-order valence-corrected chi connectivity index (χ1v) is 7.94. The van der Waals surface area contributed by atoms with Crippen molar-refractivity contribution in [3.63, 3.8) is 0 Å². The molecule has 1 saturated heterocycles. The number of piperazine rings is 1. The van der Waals surface area contributed by atoms with Crippen LogP contribution < -0.4 is 5.32 Å². The molecule has 1 heterocycles. The van der Waals surface area contributed by atoms with Crippen molar-refractivity contribution >= 4 is 11.8 Å². The highest BCUT2D eigenvalue weighted by Crippen LogP contribution is 2.09. The van der Waals surface area contributed by atoms with Crippen LogP contribution in [0.15, 0.2) is 30.3 Å². The van der Waals surface area contributed by atoms with Crippen LogP contribution >= 0.6 is 0 Å². The number of carbonyl (C=O) groups excluding carboxylic acids is 2. The SMILES string of the molecule is CCC(=O)N[C@@H](C)C(=O)N1CCN(Cc2ccccc2)CC1. The predicted octanol–water partition coefficient (Wildman–Crippen LogP) is 1.25. The van der Waals surface area contributed by atoms with E-state index in [0.29, 0.717) is 6.42 Å². The molecule has 0 unspecified atom stereocenters. The Morgan fingerprint density at radius 1 is 1.14 bits per heavy atom. The van der Waals surface area contributed by atoms with E-state index in [1.54, 1.807) is 13.8 Å². The molecule has 0 aliphatic carbocycles. The van der Waals surface area contributed by atoms with E-state index >= 15 is 0 Å². The lowest BCUT2D eigenvalue weighted by molar-refractivity contribution is -0.137. The summed E-state index contributed by atoms with van der Waals surface area (Å²) in [5.74, 6) is -0.0651. The zero-order valence-corrected chi connectivity index (χ0v) is 13.4. The van der Waals surface area contributed by atoms with Gasteiger partial charge in [0.05, 0.1) is 0 Å². The van der Waals surface area contributed by atoms with Crippen molar-refractivity contribution in [1.29, 1.82) is 0 Å². The van der Waals surface area contributed by atoms with Gasteiger partial charge in [-0.1, -0.05) is 37.3 Å². The van der Waals surface area contributed by atoms with Gasteiger partial charge in [-0.05, 0) is 12.5 Å². The Morgan fingerprint density at radius 3 is 2.36 bits per heavy atom. The van der Waals surface area contributed by atoms with Crippen LogP contribution in [0.5, 0.6) is 0 Å². The van der Waals surface area contributed by atoms with Crippen molar-refractivity contribution in [2.45, 2.75) is 32.9 Å². The highest BCUT2D eigenvalue weighted by atomic mass is 16.2. The van der Waals surface area contributed by atoms with Crippen LogP contribution in [0.4, 0.5) is 0 Å². The summed E-state index contributed by atoms with van der Waals surface area (Å²) in [5.41, 5.74) is 1.30. The highest BCUT2D eigenvalue weighted by Gasteiger charge is 2.25. The quantitative estimate of drug-likeness (QED) is 0.890. The second-order valence-electron chi connectivity index (χ2n) is 5.73. The van der Waals surface area contributed by atoms with Crippen LogP contribution in [-0.4, -0.2) is 53.8 Å². The van der Waals surface area contributed by atoms with Gasteiger partial charge in [-0.3, -0.25) is 14.5 Å². The van der Waals surface area contributed by atoms with Gasteiger partial charge in [-0.15, -0.1) is 0 Å². The minimum atomic E-state index is -0.437. The van der Waals surface area contributed by atoms with Crippen LogP contribution in [0.2, 0.25) is 0 Å². The predicted molar refractivity (Wildman–Crippen MR) is 86.2 cm³/mol. The van der Waals surface area contributed by atoms with Crippen molar-refractivity contribution in [2.24, 2.45) is 0 Å². The van der Waals surface area contributed by atoms with E-state index in [4.69, 9.17) is 0 Å². The second-order valence-corrected chi connectivity index (χ2v) is 5.73. The first-order valence-electron chi connectivity index (χ1n) is 7.94. The summed E-state index contributed by atoms with van der Waals surface area (Å²) in [6, 6.07) is 9.93. The third kappa shape index (κ3) is 4.56. The summed E-state index contributed by atoms with van der Waals surface area (Å²) < 4.78 is 0. The van der Waals surface area contributed by atoms with E-state index in [0.717, 1.165) is 32.7 Å². The first kappa shape index (κ1) is 16.5. The summed E-state index contributed by atoms with van der Waals surface area (Å²) in [5, 5.41) is 2.73. The molecule has 22 heavy (non-hydrogen) atoms. The van der Waals surface area contributed by atoms with E-state index in [1.165, 1.54) is 5.56 Å². The standard InChI is InChI=1S/C17H25N3O2/c1-3-16(21)18-14(2)17(22)20-11-9-19(10-12-20)13-15-7-5-4-6-8-15/h4-8,14H,3,9-13H2,1-2H3,(H,18,21)/t14-/m0/s1. The van der Waals surface area contributed by atoms with Gasteiger partial charge < -0.3 is 10.2 Å². The van der Waals surface area contributed by atoms with Gasteiger partial charge in [-0.2, -0.15) is 0 Å². The molecule has 5 nitrogen and oxygen atoms in total. The number of rotatable bonds is 5. The highest BCUT2D eigenvalue weighted by molar-refractivity contribution is 5.87. The largest absolute Gasteiger partial charge is 0.345 e. The van der Waals surface area contributed by atoms with Crippen molar-refractivity contribution in [2.75, 3.05) is 26.2 Å². The van der Waals surface area contributed by atoms with Gasteiger partial charge in [0.1, 0.15) is 6.04 Å². The molecule has 2 amide bonds. The summed E-state index contributed by atoms with van der Waals surface area (Å²) in [6.07, 6.45) is 0.405. The summed E-state index contributed by atoms with van der Waals surface area (Å²) in [6.45, 7) is 7.65. The van der Waals surface area contributed by atoms with Crippen molar-refractivity contribution in [3.8, 4) is 0 Å². The maximum atomic E-state index is 12.3. The number of hydrogen-bond acceptors (Lipinski definition) is 3. The van der Waals surface area contributed by atoms with E-state index in [9.17, 15) is 9.59 Å². The third-order valence-electron chi connectivity index (χ3n) is 4.00. The maximum absolute atomic E-state index is 12.3. The van der Waals surface area contributed by atoms with E-state index in [1.807, 2.05) is 23.1 Å². The molecule has 1 aliphatic rings. The molecular weight excluding hydrogens is 278 g/mol. The Kier molecular flexibility index (Phi) is 5.95. The fourth-order valence-corrected chi connectivity index (χ4v) is 2.65. The smallest absolute Gasteiger partial charge is 0.244 e. The minimum Gasteiger partial charge on any atom is -0.345 e. The lowest BCUT2D eigenvalue weighted by atomic mass is 10.2. The monoisotopic (exact) mass is 303 g/mol. The second kappa shape index (κ2) is 7.94. The van der Waals surface area contributed by atoms with Crippen LogP contribution in [-0.2, 0) is 16.1 Å². The molecule has 2 rings (SSSR count). The average Bonchev–Trinajstić information content (AvgIpc) is 2.55. The van der Waals surface area contributed by atoms with Crippen LogP contribution in [0.1, 0.15) is 25.8 Å².